The maximum atomic E-state index is 13.5. The van der Waals surface area contributed by atoms with Gasteiger partial charge in [0.1, 0.15) is 11.9 Å². The average Bonchev–Trinajstić information content (AvgIpc) is 2.38. The molecule has 8 heteroatoms. The van der Waals surface area contributed by atoms with Gasteiger partial charge in [-0.1, -0.05) is 0 Å². The van der Waals surface area contributed by atoms with Crippen molar-refractivity contribution in [2.75, 3.05) is 6.54 Å². The Labute approximate surface area is 114 Å². The summed E-state index contributed by atoms with van der Waals surface area (Å²) < 4.78 is 13.5. The van der Waals surface area contributed by atoms with Crippen molar-refractivity contribution >= 4 is 17.5 Å². The van der Waals surface area contributed by atoms with Crippen molar-refractivity contribution in [2.24, 2.45) is 0 Å². The summed E-state index contributed by atoms with van der Waals surface area (Å²) in [6.07, 6.45) is 0. The number of rotatable bonds is 5. The second-order valence-electron chi connectivity index (χ2n) is 4.01. The zero-order valence-electron chi connectivity index (χ0n) is 11.0. The summed E-state index contributed by atoms with van der Waals surface area (Å²) in [6.45, 7) is 3.54. The van der Waals surface area contributed by atoms with Crippen LogP contribution >= 0.6 is 0 Å². The number of nitro groups is 1. The number of carbonyl (C=O) groups is 2. The van der Waals surface area contributed by atoms with Crippen LogP contribution in [0.25, 0.3) is 0 Å². The number of hydrogen-bond donors (Lipinski definition) is 2. The van der Waals surface area contributed by atoms with E-state index in [1.54, 1.807) is 6.92 Å². The number of non-ortho nitro benzene ring substituents is 1. The van der Waals surface area contributed by atoms with Crippen LogP contribution in [0.4, 0.5) is 10.1 Å². The quantitative estimate of drug-likeness (QED) is 0.621. The molecule has 1 aromatic carbocycles. The van der Waals surface area contributed by atoms with Gasteiger partial charge in [-0.3, -0.25) is 19.7 Å². The van der Waals surface area contributed by atoms with Gasteiger partial charge < -0.3 is 10.6 Å². The normalized spacial score (nSPS) is 11.6. The van der Waals surface area contributed by atoms with E-state index in [9.17, 15) is 24.1 Å². The molecule has 0 bridgehead atoms. The van der Waals surface area contributed by atoms with Crippen LogP contribution in [0.1, 0.15) is 24.2 Å². The summed E-state index contributed by atoms with van der Waals surface area (Å²) in [6, 6.07) is 1.75. The lowest BCUT2D eigenvalue weighted by Gasteiger charge is -2.13. The third-order valence-electron chi connectivity index (χ3n) is 2.50. The maximum absolute atomic E-state index is 13.5. The number of nitro benzene ring substituents is 1. The molecule has 0 aliphatic carbocycles. The molecule has 108 valence electrons. The first-order valence-electron chi connectivity index (χ1n) is 5.89. The number of likely N-dealkylation sites (N-methyl/N-ethyl adjacent to an activating group) is 1. The predicted octanol–water partition coefficient (Wildman–Crippen LogP) is 0.988. The highest BCUT2D eigenvalue weighted by atomic mass is 19.1. The third-order valence-corrected chi connectivity index (χ3v) is 2.50. The van der Waals surface area contributed by atoms with Gasteiger partial charge in [0, 0.05) is 18.7 Å². The number of hydrogen-bond acceptors (Lipinski definition) is 4. The lowest BCUT2D eigenvalue weighted by Crippen LogP contribution is -2.44. The minimum absolute atomic E-state index is 0.393. The van der Waals surface area contributed by atoms with Gasteiger partial charge in [0.25, 0.3) is 11.6 Å². The smallest absolute Gasteiger partial charge is 0.270 e. The van der Waals surface area contributed by atoms with Gasteiger partial charge in [-0.25, -0.2) is 4.39 Å². The molecule has 1 atom stereocenters. The molecule has 2 N–H and O–H groups in total. The Bertz CT molecular complexity index is 548. The first-order valence-corrected chi connectivity index (χ1v) is 5.89. The molecule has 1 unspecified atom stereocenters. The van der Waals surface area contributed by atoms with Gasteiger partial charge in [0.2, 0.25) is 5.91 Å². The van der Waals surface area contributed by atoms with Crippen LogP contribution in [-0.4, -0.2) is 29.3 Å². The summed E-state index contributed by atoms with van der Waals surface area (Å²) in [4.78, 5) is 33.1. The maximum Gasteiger partial charge on any atom is 0.270 e. The lowest BCUT2D eigenvalue weighted by atomic mass is 10.1. The van der Waals surface area contributed by atoms with E-state index in [1.807, 2.05) is 0 Å². The standard InChI is InChI=1S/C12H14FN3O4/c1-3-14-11(17)7(2)15-12(18)9-6-8(16(19)20)4-5-10(9)13/h4-7H,3H2,1-2H3,(H,14,17)(H,15,18). The number of amides is 2. The van der Waals surface area contributed by atoms with Gasteiger partial charge in [-0.2, -0.15) is 0 Å². The summed E-state index contributed by atoms with van der Waals surface area (Å²) in [5.74, 6) is -2.20. The topological polar surface area (TPSA) is 101 Å². The Morgan fingerprint density at radius 2 is 2.10 bits per heavy atom. The van der Waals surface area contributed by atoms with Crippen molar-refractivity contribution in [3.63, 3.8) is 0 Å². The minimum atomic E-state index is -0.892. The molecule has 0 aliphatic heterocycles. The van der Waals surface area contributed by atoms with Gasteiger partial charge in [0.05, 0.1) is 10.5 Å². The SMILES string of the molecule is CCNC(=O)C(C)NC(=O)c1cc([N+](=O)[O-])ccc1F. The van der Waals surface area contributed by atoms with E-state index in [0.29, 0.717) is 6.54 Å². The monoisotopic (exact) mass is 283 g/mol. The van der Waals surface area contributed by atoms with E-state index in [0.717, 1.165) is 18.2 Å². The molecular formula is C12H14FN3O4. The van der Waals surface area contributed by atoms with Crippen LogP contribution in [0.5, 0.6) is 0 Å². The second-order valence-corrected chi connectivity index (χ2v) is 4.01. The molecule has 0 saturated heterocycles. The van der Waals surface area contributed by atoms with Crippen LogP contribution in [0.15, 0.2) is 18.2 Å². The van der Waals surface area contributed by atoms with Gasteiger partial charge in [-0.05, 0) is 19.9 Å². The molecule has 0 fully saturated rings. The Hall–Kier alpha value is -2.51. The van der Waals surface area contributed by atoms with Crippen LogP contribution in [-0.2, 0) is 4.79 Å². The zero-order valence-corrected chi connectivity index (χ0v) is 11.0. The molecule has 1 rings (SSSR count). The lowest BCUT2D eigenvalue weighted by molar-refractivity contribution is -0.384. The summed E-state index contributed by atoms with van der Waals surface area (Å²) in [5, 5.41) is 15.4. The fraction of sp³-hybridized carbons (Fsp3) is 0.333. The summed E-state index contributed by atoms with van der Waals surface area (Å²) in [5.41, 5.74) is -0.877. The number of benzene rings is 1. The van der Waals surface area contributed by atoms with E-state index < -0.39 is 39.8 Å². The van der Waals surface area contributed by atoms with Crippen LogP contribution < -0.4 is 10.6 Å². The third kappa shape index (κ3) is 3.74. The molecule has 20 heavy (non-hydrogen) atoms. The highest BCUT2D eigenvalue weighted by Gasteiger charge is 2.20. The average molecular weight is 283 g/mol. The second kappa shape index (κ2) is 6.60. The summed E-state index contributed by atoms with van der Waals surface area (Å²) >= 11 is 0. The van der Waals surface area contributed by atoms with Crippen LogP contribution in [0.3, 0.4) is 0 Å². The van der Waals surface area contributed by atoms with E-state index in [2.05, 4.69) is 10.6 Å². The van der Waals surface area contributed by atoms with Crippen LogP contribution in [0, 0.1) is 15.9 Å². The fourth-order valence-corrected chi connectivity index (χ4v) is 1.47. The Kier molecular flexibility index (Phi) is 5.13. The Morgan fingerprint density at radius 1 is 1.45 bits per heavy atom. The number of nitrogens with zero attached hydrogens (tertiary/aromatic N) is 1. The fourth-order valence-electron chi connectivity index (χ4n) is 1.47. The van der Waals surface area contributed by atoms with E-state index in [4.69, 9.17) is 0 Å². The van der Waals surface area contributed by atoms with Crippen molar-refractivity contribution < 1.29 is 18.9 Å². The van der Waals surface area contributed by atoms with Crippen molar-refractivity contribution in [3.8, 4) is 0 Å². The highest BCUT2D eigenvalue weighted by Crippen LogP contribution is 2.16. The molecule has 0 aromatic heterocycles. The Morgan fingerprint density at radius 3 is 2.65 bits per heavy atom. The van der Waals surface area contributed by atoms with Crippen molar-refractivity contribution in [2.45, 2.75) is 19.9 Å². The van der Waals surface area contributed by atoms with E-state index in [-0.39, 0.29) is 0 Å². The molecule has 1 aromatic rings. The molecule has 0 aliphatic rings. The first kappa shape index (κ1) is 15.5. The van der Waals surface area contributed by atoms with Gasteiger partial charge >= 0.3 is 0 Å². The molecule has 0 saturated carbocycles. The van der Waals surface area contributed by atoms with Crippen molar-refractivity contribution in [1.29, 1.82) is 0 Å². The predicted molar refractivity (Wildman–Crippen MR) is 68.7 cm³/mol. The summed E-state index contributed by atoms with van der Waals surface area (Å²) in [7, 11) is 0. The molecule has 0 heterocycles. The van der Waals surface area contributed by atoms with Crippen LogP contribution in [0.2, 0.25) is 0 Å². The Balaban J connectivity index is 2.89. The molecule has 0 spiro atoms. The van der Waals surface area contributed by atoms with E-state index >= 15 is 0 Å². The molecule has 0 radical (unpaired) electrons. The highest BCUT2D eigenvalue weighted by molar-refractivity contribution is 5.98. The molecule has 7 nitrogen and oxygen atoms in total. The minimum Gasteiger partial charge on any atom is -0.355 e. The van der Waals surface area contributed by atoms with E-state index in [1.165, 1.54) is 6.92 Å². The number of nitrogens with one attached hydrogen (secondary N) is 2. The largest absolute Gasteiger partial charge is 0.355 e. The van der Waals surface area contributed by atoms with Gasteiger partial charge in [-0.15, -0.1) is 0 Å². The van der Waals surface area contributed by atoms with Gasteiger partial charge in [0.15, 0.2) is 0 Å². The number of halogens is 1. The molecule has 2 amide bonds. The number of carbonyl (C=O) groups excluding carboxylic acids is 2. The zero-order chi connectivity index (χ0) is 15.3. The first-order chi connectivity index (χ1) is 9.36. The molecular weight excluding hydrogens is 269 g/mol. The van der Waals surface area contributed by atoms with Crippen molar-refractivity contribution in [1.82, 2.24) is 10.6 Å². The van der Waals surface area contributed by atoms with Crippen molar-refractivity contribution in [3.05, 3.63) is 39.7 Å².